The van der Waals surface area contributed by atoms with Gasteiger partial charge in [0.05, 0.1) is 5.69 Å². The first-order chi connectivity index (χ1) is 8.75. The van der Waals surface area contributed by atoms with E-state index in [2.05, 4.69) is 15.2 Å². The van der Waals surface area contributed by atoms with E-state index in [9.17, 15) is 4.79 Å². The minimum atomic E-state index is -0.724. The van der Waals surface area contributed by atoms with Crippen molar-refractivity contribution in [3.8, 4) is 0 Å². The Morgan fingerprint density at radius 3 is 3.17 bits per heavy atom. The minimum Gasteiger partial charge on any atom is -0.481 e. The standard InChI is InChI=1S/C13H19N3O2/c17-13(18)5-4-12-9-14-7-8-16(12)10-11-3-1-2-6-15-11/h1-3,6,12,14H,4-5,7-10H2,(H,17,18). The molecule has 2 rings (SSSR count). The predicted molar refractivity (Wildman–Crippen MR) is 68.2 cm³/mol. The molecule has 5 heteroatoms. The number of hydrogen-bond donors (Lipinski definition) is 2. The summed E-state index contributed by atoms with van der Waals surface area (Å²) in [5, 5.41) is 12.1. The third-order valence-corrected chi connectivity index (χ3v) is 3.25. The number of aliphatic carboxylic acids is 1. The molecule has 1 aliphatic heterocycles. The van der Waals surface area contributed by atoms with E-state index in [1.165, 1.54) is 0 Å². The van der Waals surface area contributed by atoms with Crippen LogP contribution in [0.25, 0.3) is 0 Å². The van der Waals surface area contributed by atoms with Gasteiger partial charge < -0.3 is 10.4 Å². The van der Waals surface area contributed by atoms with Gasteiger partial charge in [0, 0.05) is 44.8 Å². The van der Waals surface area contributed by atoms with Crippen LogP contribution in [-0.2, 0) is 11.3 Å². The summed E-state index contributed by atoms with van der Waals surface area (Å²) in [6.45, 7) is 3.56. The maximum absolute atomic E-state index is 10.7. The van der Waals surface area contributed by atoms with E-state index in [4.69, 9.17) is 5.11 Å². The van der Waals surface area contributed by atoms with Gasteiger partial charge in [-0.25, -0.2) is 0 Å². The van der Waals surface area contributed by atoms with Crippen LogP contribution in [0.1, 0.15) is 18.5 Å². The first-order valence-corrected chi connectivity index (χ1v) is 6.32. The highest BCUT2D eigenvalue weighted by atomic mass is 16.4. The average Bonchev–Trinajstić information content (AvgIpc) is 2.39. The number of piperazine rings is 1. The molecule has 1 aliphatic rings. The number of nitrogens with zero attached hydrogens (tertiary/aromatic N) is 2. The second-order valence-electron chi connectivity index (χ2n) is 4.58. The van der Waals surface area contributed by atoms with Crippen molar-refractivity contribution in [2.24, 2.45) is 0 Å². The molecule has 1 aromatic heterocycles. The molecular weight excluding hydrogens is 230 g/mol. The molecule has 1 saturated heterocycles. The lowest BCUT2D eigenvalue weighted by Crippen LogP contribution is -2.50. The molecule has 0 saturated carbocycles. The molecule has 1 unspecified atom stereocenters. The molecule has 1 fully saturated rings. The third kappa shape index (κ3) is 3.78. The molecule has 1 aromatic rings. The predicted octanol–water partition coefficient (Wildman–Crippen LogP) is 0.720. The van der Waals surface area contributed by atoms with E-state index in [0.717, 1.165) is 31.9 Å². The number of nitrogens with one attached hydrogen (secondary N) is 1. The number of aromatic nitrogens is 1. The number of pyridine rings is 1. The SMILES string of the molecule is O=C(O)CCC1CNCCN1Cc1ccccn1. The van der Waals surface area contributed by atoms with Crippen LogP contribution in [0.3, 0.4) is 0 Å². The summed E-state index contributed by atoms with van der Waals surface area (Å²) in [7, 11) is 0. The molecule has 2 heterocycles. The van der Waals surface area contributed by atoms with E-state index in [1.54, 1.807) is 6.20 Å². The second kappa shape index (κ2) is 6.47. The Kier molecular flexibility index (Phi) is 4.66. The second-order valence-corrected chi connectivity index (χ2v) is 4.58. The van der Waals surface area contributed by atoms with Crippen molar-refractivity contribution >= 4 is 5.97 Å². The van der Waals surface area contributed by atoms with E-state index >= 15 is 0 Å². The maximum Gasteiger partial charge on any atom is 0.303 e. The minimum absolute atomic E-state index is 0.227. The summed E-state index contributed by atoms with van der Waals surface area (Å²) < 4.78 is 0. The van der Waals surface area contributed by atoms with Gasteiger partial charge in [0.15, 0.2) is 0 Å². The van der Waals surface area contributed by atoms with E-state index in [-0.39, 0.29) is 12.5 Å². The zero-order valence-electron chi connectivity index (χ0n) is 10.4. The van der Waals surface area contributed by atoms with Crippen molar-refractivity contribution in [3.63, 3.8) is 0 Å². The molecule has 0 spiro atoms. The molecule has 5 nitrogen and oxygen atoms in total. The van der Waals surface area contributed by atoms with Crippen LogP contribution in [0.2, 0.25) is 0 Å². The smallest absolute Gasteiger partial charge is 0.303 e. The van der Waals surface area contributed by atoms with Crippen molar-refractivity contribution < 1.29 is 9.90 Å². The largest absolute Gasteiger partial charge is 0.481 e. The number of carboxylic acid groups (broad SMARTS) is 1. The fourth-order valence-electron chi connectivity index (χ4n) is 2.29. The van der Waals surface area contributed by atoms with Gasteiger partial charge >= 0.3 is 5.97 Å². The van der Waals surface area contributed by atoms with E-state index in [0.29, 0.717) is 6.42 Å². The first-order valence-electron chi connectivity index (χ1n) is 6.32. The van der Waals surface area contributed by atoms with E-state index in [1.807, 2.05) is 18.2 Å². The van der Waals surface area contributed by atoms with Crippen molar-refractivity contribution in [2.75, 3.05) is 19.6 Å². The highest BCUT2D eigenvalue weighted by Gasteiger charge is 2.22. The third-order valence-electron chi connectivity index (χ3n) is 3.25. The molecule has 0 aliphatic carbocycles. The fraction of sp³-hybridized carbons (Fsp3) is 0.538. The van der Waals surface area contributed by atoms with Crippen molar-refractivity contribution in [3.05, 3.63) is 30.1 Å². The Bertz CT molecular complexity index is 383. The van der Waals surface area contributed by atoms with Crippen molar-refractivity contribution in [1.82, 2.24) is 15.2 Å². The number of rotatable bonds is 5. The summed E-state index contributed by atoms with van der Waals surface area (Å²) in [6, 6.07) is 6.19. The number of carbonyl (C=O) groups is 1. The van der Waals surface area contributed by atoms with Gasteiger partial charge in [-0.2, -0.15) is 0 Å². The van der Waals surface area contributed by atoms with Gasteiger partial charge in [-0.05, 0) is 18.6 Å². The highest BCUT2D eigenvalue weighted by molar-refractivity contribution is 5.66. The van der Waals surface area contributed by atoms with Crippen LogP contribution in [-0.4, -0.2) is 46.6 Å². The monoisotopic (exact) mass is 249 g/mol. The molecule has 18 heavy (non-hydrogen) atoms. The topological polar surface area (TPSA) is 65.5 Å². The lowest BCUT2D eigenvalue weighted by atomic mass is 10.1. The quantitative estimate of drug-likeness (QED) is 0.805. The summed E-state index contributed by atoms with van der Waals surface area (Å²) in [5.41, 5.74) is 1.04. The van der Waals surface area contributed by atoms with Gasteiger partial charge in [0.1, 0.15) is 0 Å². The summed E-state index contributed by atoms with van der Waals surface area (Å²) in [6.07, 6.45) is 2.71. The van der Waals surface area contributed by atoms with Crippen LogP contribution >= 0.6 is 0 Å². The molecule has 0 amide bonds. The maximum atomic E-state index is 10.7. The van der Waals surface area contributed by atoms with Crippen LogP contribution in [0.5, 0.6) is 0 Å². The Morgan fingerprint density at radius 1 is 1.56 bits per heavy atom. The fourth-order valence-corrected chi connectivity index (χ4v) is 2.29. The molecule has 1 atom stereocenters. The Balaban J connectivity index is 1.93. The zero-order valence-corrected chi connectivity index (χ0v) is 10.4. The lowest BCUT2D eigenvalue weighted by molar-refractivity contribution is -0.137. The molecule has 2 N–H and O–H groups in total. The van der Waals surface area contributed by atoms with Gasteiger partial charge in [0.2, 0.25) is 0 Å². The molecule has 0 aromatic carbocycles. The van der Waals surface area contributed by atoms with Gasteiger partial charge in [0.25, 0.3) is 0 Å². The Hall–Kier alpha value is -1.46. The van der Waals surface area contributed by atoms with Crippen LogP contribution in [0.15, 0.2) is 24.4 Å². The van der Waals surface area contributed by atoms with Crippen LogP contribution in [0.4, 0.5) is 0 Å². The molecule has 98 valence electrons. The van der Waals surface area contributed by atoms with Crippen molar-refractivity contribution in [2.45, 2.75) is 25.4 Å². The van der Waals surface area contributed by atoms with Crippen LogP contribution < -0.4 is 5.32 Å². The highest BCUT2D eigenvalue weighted by Crippen LogP contribution is 2.13. The zero-order chi connectivity index (χ0) is 12.8. The Labute approximate surface area is 107 Å². The van der Waals surface area contributed by atoms with Crippen LogP contribution in [0, 0.1) is 0 Å². The normalized spacial score (nSPS) is 20.8. The van der Waals surface area contributed by atoms with Crippen molar-refractivity contribution in [1.29, 1.82) is 0 Å². The average molecular weight is 249 g/mol. The number of carboxylic acids is 1. The summed E-state index contributed by atoms with van der Waals surface area (Å²) in [5.74, 6) is -0.724. The summed E-state index contributed by atoms with van der Waals surface area (Å²) in [4.78, 5) is 17.3. The lowest BCUT2D eigenvalue weighted by Gasteiger charge is -2.35. The molecule has 0 bridgehead atoms. The van der Waals surface area contributed by atoms with E-state index < -0.39 is 5.97 Å². The summed E-state index contributed by atoms with van der Waals surface area (Å²) >= 11 is 0. The Morgan fingerprint density at radius 2 is 2.44 bits per heavy atom. The van der Waals surface area contributed by atoms with Gasteiger partial charge in [-0.3, -0.25) is 14.7 Å². The molecular formula is C13H19N3O2. The number of hydrogen-bond acceptors (Lipinski definition) is 4. The first kappa shape index (κ1) is 13.0. The van der Waals surface area contributed by atoms with Gasteiger partial charge in [-0.15, -0.1) is 0 Å². The van der Waals surface area contributed by atoms with Gasteiger partial charge in [-0.1, -0.05) is 6.07 Å². The molecule has 0 radical (unpaired) electrons.